The van der Waals surface area contributed by atoms with Gasteiger partial charge in [-0.15, -0.1) is 0 Å². The number of esters is 1. The first-order valence-corrected chi connectivity index (χ1v) is 7.51. The summed E-state index contributed by atoms with van der Waals surface area (Å²) in [6, 6.07) is 9.62. The Morgan fingerprint density at radius 1 is 1.30 bits per heavy atom. The van der Waals surface area contributed by atoms with E-state index in [9.17, 15) is 9.90 Å². The molecule has 7 heteroatoms. The van der Waals surface area contributed by atoms with Crippen molar-refractivity contribution in [3.05, 3.63) is 57.6 Å². The smallest absolute Gasteiger partial charge is 0.338 e. The summed E-state index contributed by atoms with van der Waals surface area (Å²) in [4.78, 5) is 11.5. The third-order valence-electron chi connectivity index (χ3n) is 2.85. The number of hydrazone groups is 1. The zero-order chi connectivity index (χ0) is 16.8. The number of halogens is 2. The third kappa shape index (κ3) is 4.61. The summed E-state index contributed by atoms with van der Waals surface area (Å²) >= 11 is 11.7. The standard InChI is InChI=1S/C16H14Cl2N2O3/c1-2-23-16(22)10-3-5-13(6-4-10)20-19-9-11-7-12(17)8-14(18)15(11)21/h3-9,20-21H,2H2,1H3/b19-9+. The molecule has 0 aliphatic carbocycles. The van der Waals surface area contributed by atoms with Crippen molar-refractivity contribution in [1.82, 2.24) is 0 Å². The minimum absolute atomic E-state index is 0.0979. The van der Waals surface area contributed by atoms with Gasteiger partial charge >= 0.3 is 5.97 Å². The zero-order valence-corrected chi connectivity index (χ0v) is 13.7. The normalized spacial score (nSPS) is 10.7. The number of hydrogen-bond acceptors (Lipinski definition) is 5. The topological polar surface area (TPSA) is 70.9 Å². The average molecular weight is 353 g/mol. The highest BCUT2D eigenvalue weighted by Crippen LogP contribution is 2.30. The molecule has 0 spiro atoms. The first-order chi connectivity index (χ1) is 11.0. The fraction of sp³-hybridized carbons (Fsp3) is 0.125. The quantitative estimate of drug-likeness (QED) is 0.477. The van der Waals surface area contributed by atoms with E-state index in [-0.39, 0.29) is 16.7 Å². The number of carbonyl (C=O) groups is 1. The second-order valence-corrected chi connectivity index (χ2v) is 5.34. The Balaban J connectivity index is 2.05. The maximum atomic E-state index is 11.5. The molecule has 2 aromatic rings. The molecule has 0 aromatic heterocycles. The molecule has 0 saturated carbocycles. The predicted molar refractivity (Wildman–Crippen MR) is 91.7 cm³/mol. The molecule has 0 atom stereocenters. The van der Waals surface area contributed by atoms with Gasteiger partial charge in [-0.3, -0.25) is 5.43 Å². The van der Waals surface area contributed by atoms with E-state index in [1.54, 1.807) is 31.2 Å². The summed E-state index contributed by atoms with van der Waals surface area (Å²) < 4.78 is 4.90. The number of phenols is 1. The van der Waals surface area contributed by atoms with E-state index in [1.165, 1.54) is 18.3 Å². The van der Waals surface area contributed by atoms with Crippen molar-refractivity contribution >= 4 is 41.1 Å². The molecule has 0 amide bonds. The zero-order valence-electron chi connectivity index (χ0n) is 12.2. The number of rotatable bonds is 5. The average Bonchev–Trinajstić information content (AvgIpc) is 2.53. The van der Waals surface area contributed by atoms with Crippen LogP contribution in [0.3, 0.4) is 0 Å². The third-order valence-corrected chi connectivity index (χ3v) is 3.36. The minimum Gasteiger partial charge on any atom is -0.506 e. The van der Waals surface area contributed by atoms with Gasteiger partial charge in [0.1, 0.15) is 5.75 Å². The predicted octanol–water partition coefficient (Wildman–Crippen LogP) is 4.32. The van der Waals surface area contributed by atoms with Gasteiger partial charge < -0.3 is 9.84 Å². The summed E-state index contributed by atoms with van der Waals surface area (Å²) in [7, 11) is 0. The van der Waals surface area contributed by atoms with E-state index >= 15 is 0 Å². The van der Waals surface area contributed by atoms with Gasteiger partial charge in [-0.25, -0.2) is 4.79 Å². The van der Waals surface area contributed by atoms with Gasteiger partial charge in [-0.1, -0.05) is 23.2 Å². The summed E-state index contributed by atoms with van der Waals surface area (Å²) in [6.45, 7) is 2.08. The molecular weight excluding hydrogens is 339 g/mol. The maximum Gasteiger partial charge on any atom is 0.338 e. The molecule has 0 aliphatic rings. The number of nitrogens with one attached hydrogen (secondary N) is 1. The molecule has 5 nitrogen and oxygen atoms in total. The van der Waals surface area contributed by atoms with Gasteiger partial charge in [0.15, 0.2) is 0 Å². The molecule has 2 aromatic carbocycles. The first kappa shape index (κ1) is 17.1. The fourth-order valence-electron chi connectivity index (χ4n) is 1.76. The lowest BCUT2D eigenvalue weighted by molar-refractivity contribution is 0.0526. The Morgan fingerprint density at radius 2 is 2.00 bits per heavy atom. The number of anilines is 1. The molecule has 0 saturated heterocycles. The van der Waals surface area contributed by atoms with E-state index in [0.29, 0.717) is 28.4 Å². The maximum absolute atomic E-state index is 11.5. The Kier molecular flexibility index (Phi) is 5.84. The van der Waals surface area contributed by atoms with Crippen LogP contribution in [0.1, 0.15) is 22.8 Å². The van der Waals surface area contributed by atoms with Gasteiger partial charge in [-0.05, 0) is 43.3 Å². The number of ether oxygens (including phenoxy) is 1. The molecule has 0 radical (unpaired) electrons. The Labute approximate surface area is 143 Å². The SMILES string of the molecule is CCOC(=O)c1ccc(N/N=C/c2cc(Cl)cc(Cl)c2O)cc1. The van der Waals surface area contributed by atoms with Crippen LogP contribution < -0.4 is 5.43 Å². The molecule has 0 aliphatic heterocycles. The van der Waals surface area contributed by atoms with Crippen molar-refractivity contribution in [2.75, 3.05) is 12.0 Å². The highest BCUT2D eigenvalue weighted by atomic mass is 35.5. The van der Waals surface area contributed by atoms with Crippen LogP contribution >= 0.6 is 23.2 Å². The molecule has 2 N–H and O–H groups in total. The van der Waals surface area contributed by atoms with Crippen molar-refractivity contribution < 1.29 is 14.6 Å². The minimum atomic E-state index is -0.374. The van der Waals surface area contributed by atoms with Crippen LogP contribution in [0.2, 0.25) is 10.0 Å². The summed E-state index contributed by atoms with van der Waals surface area (Å²) in [6.07, 6.45) is 1.40. The van der Waals surface area contributed by atoms with Gasteiger partial charge in [0.05, 0.1) is 29.1 Å². The lowest BCUT2D eigenvalue weighted by atomic mass is 10.2. The van der Waals surface area contributed by atoms with Crippen molar-refractivity contribution in [2.24, 2.45) is 5.10 Å². The van der Waals surface area contributed by atoms with Crippen LogP contribution in [0, 0.1) is 0 Å². The molecule has 0 fully saturated rings. The van der Waals surface area contributed by atoms with Crippen LogP contribution in [-0.4, -0.2) is 23.9 Å². The molecule has 0 bridgehead atoms. The Hall–Kier alpha value is -2.24. The highest BCUT2D eigenvalue weighted by molar-refractivity contribution is 6.36. The van der Waals surface area contributed by atoms with Gasteiger partial charge in [0.2, 0.25) is 0 Å². The van der Waals surface area contributed by atoms with Crippen molar-refractivity contribution in [2.45, 2.75) is 6.92 Å². The molecule has 2 rings (SSSR count). The monoisotopic (exact) mass is 352 g/mol. The van der Waals surface area contributed by atoms with E-state index in [2.05, 4.69) is 10.5 Å². The second-order valence-electron chi connectivity index (χ2n) is 4.49. The summed E-state index contributed by atoms with van der Waals surface area (Å²) in [5.74, 6) is -0.472. The van der Waals surface area contributed by atoms with Crippen molar-refractivity contribution in [3.63, 3.8) is 0 Å². The van der Waals surface area contributed by atoms with E-state index in [4.69, 9.17) is 27.9 Å². The number of benzene rings is 2. The molecule has 120 valence electrons. The van der Waals surface area contributed by atoms with E-state index < -0.39 is 0 Å². The number of nitrogens with zero attached hydrogens (tertiary/aromatic N) is 1. The van der Waals surface area contributed by atoms with Crippen molar-refractivity contribution in [3.8, 4) is 5.75 Å². The summed E-state index contributed by atoms with van der Waals surface area (Å²) in [5, 5.41) is 14.4. The van der Waals surface area contributed by atoms with Crippen LogP contribution in [0.15, 0.2) is 41.5 Å². The second kappa shape index (κ2) is 7.85. The van der Waals surface area contributed by atoms with Gasteiger partial charge in [0.25, 0.3) is 0 Å². The molecule has 0 unspecified atom stereocenters. The largest absolute Gasteiger partial charge is 0.506 e. The van der Waals surface area contributed by atoms with Crippen LogP contribution in [0.5, 0.6) is 5.75 Å². The molecular formula is C16H14Cl2N2O3. The van der Waals surface area contributed by atoms with Crippen molar-refractivity contribution in [1.29, 1.82) is 0 Å². The Bertz CT molecular complexity index is 731. The van der Waals surface area contributed by atoms with E-state index in [1.807, 2.05) is 0 Å². The van der Waals surface area contributed by atoms with Gasteiger partial charge in [-0.2, -0.15) is 5.10 Å². The number of carbonyl (C=O) groups excluding carboxylic acids is 1. The molecule has 23 heavy (non-hydrogen) atoms. The summed E-state index contributed by atoms with van der Waals surface area (Å²) in [5.41, 5.74) is 4.29. The lowest BCUT2D eigenvalue weighted by Crippen LogP contribution is -2.04. The van der Waals surface area contributed by atoms with Gasteiger partial charge in [0, 0.05) is 10.6 Å². The lowest BCUT2D eigenvalue weighted by Gasteiger charge is -2.04. The van der Waals surface area contributed by atoms with E-state index in [0.717, 1.165) is 0 Å². The molecule has 0 heterocycles. The highest BCUT2D eigenvalue weighted by Gasteiger charge is 2.06. The number of phenolic OH excluding ortho intramolecular Hbond substituents is 1. The number of aromatic hydroxyl groups is 1. The first-order valence-electron chi connectivity index (χ1n) is 6.75. The fourth-order valence-corrected chi connectivity index (χ4v) is 2.27. The van der Waals surface area contributed by atoms with Crippen LogP contribution in [0.4, 0.5) is 5.69 Å². The van der Waals surface area contributed by atoms with Crippen LogP contribution in [0.25, 0.3) is 0 Å². The Morgan fingerprint density at radius 3 is 2.65 bits per heavy atom. The van der Waals surface area contributed by atoms with Crippen LogP contribution in [-0.2, 0) is 4.74 Å². The number of hydrogen-bond donors (Lipinski definition) is 2.